The van der Waals surface area contributed by atoms with Gasteiger partial charge in [0, 0.05) is 65.2 Å². The molecule has 0 bridgehead atoms. The van der Waals surface area contributed by atoms with Gasteiger partial charge in [0.25, 0.3) is 0 Å². The third-order valence-corrected chi connectivity index (χ3v) is 19.4. The van der Waals surface area contributed by atoms with E-state index in [2.05, 4.69) is 336 Å². The van der Waals surface area contributed by atoms with Gasteiger partial charge in [0.2, 0.25) is 0 Å². The smallest absolute Gasteiger partial charge is 0.160 e. The molecule has 0 saturated carbocycles. The molecule has 19 aromatic rings. The predicted molar refractivity (Wildman–Crippen MR) is 396 cm³/mol. The average molecular weight is 1250 g/mol. The fraction of sp³-hybridized carbons (Fsp3) is 0.0112. The van der Waals surface area contributed by atoms with Crippen LogP contribution in [0.5, 0.6) is 0 Å². The van der Waals surface area contributed by atoms with E-state index < -0.39 is 0 Å². The molecule has 0 saturated heterocycles. The summed E-state index contributed by atoms with van der Waals surface area (Å²) in [6, 6.07) is 117. The van der Waals surface area contributed by atoms with Crippen LogP contribution < -0.4 is 0 Å². The van der Waals surface area contributed by atoms with E-state index in [0.29, 0.717) is 0 Å². The molecule has 0 radical (unpaired) electrons. The molecule has 0 N–H and O–H groups in total. The summed E-state index contributed by atoms with van der Waals surface area (Å²) >= 11 is 3.61. The monoisotopic (exact) mass is 1250 g/mol. The number of fused-ring (bicyclic) bond motifs is 24. The third kappa shape index (κ3) is 9.16. The topological polar surface area (TPSA) is 31.2 Å². The van der Waals surface area contributed by atoms with Gasteiger partial charge in [-0.25, -0.2) is 0 Å². The van der Waals surface area contributed by atoms with Crippen LogP contribution in [-0.4, -0.2) is 4.57 Å². The van der Waals surface area contributed by atoms with Crippen molar-refractivity contribution >= 4 is 125 Å². The van der Waals surface area contributed by atoms with Gasteiger partial charge >= 0.3 is 0 Å². The number of aromatic nitrogens is 1. The number of benzene rings is 16. The number of furan rings is 2. The van der Waals surface area contributed by atoms with Crippen molar-refractivity contribution in [2.45, 2.75) is 6.42 Å². The van der Waals surface area contributed by atoms with Crippen LogP contribution in [-0.2, 0) is 6.42 Å². The van der Waals surface area contributed by atoms with Crippen LogP contribution in [0, 0.1) is 0 Å². The molecule has 16 aromatic carbocycles. The summed E-state index contributed by atoms with van der Waals surface area (Å²) in [6.07, 6.45) is 0.943. The molecule has 3 nitrogen and oxygen atoms in total. The van der Waals surface area contributed by atoms with E-state index in [4.69, 9.17) is 8.83 Å². The molecular formula is C89H56BrNO2. The zero-order valence-corrected chi connectivity index (χ0v) is 52.1. The summed E-state index contributed by atoms with van der Waals surface area (Å²) in [5.74, 6) is 0. The molecule has 3 aromatic heterocycles. The normalized spacial score (nSPS) is 11.9. The Hall–Kier alpha value is -11.6. The molecule has 20 rings (SSSR count). The Bertz CT molecular complexity index is 6030. The Kier molecular flexibility index (Phi) is 13.1. The Balaban J connectivity index is 0.000000114. The fourth-order valence-electron chi connectivity index (χ4n) is 14.8. The van der Waals surface area contributed by atoms with Gasteiger partial charge in [-0.1, -0.05) is 289 Å². The lowest BCUT2D eigenvalue weighted by Crippen LogP contribution is -1.96. The van der Waals surface area contributed by atoms with Crippen molar-refractivity contribution in [3.63, 3.8) is 0 Å². The van der Waals surface area contributed by atoms with Crippen LogP contribution in [0.25, 0.3) is 170 Å². The molecule has 0 atom stereocenters. The molecule has 0 aliphatic heterocycles. The van der Waals surface area contributed by atoms with Gasteiger partial charge in [0.1, 0.15) is 16.7 Å². The highest BCUT2D eigenvalue weighted by Crippen LogP contribution is 2.49. The maximum absolute atomic E-state index is 7.09. The van der Waals surface area contributed by atoms with Crippen LogP contribution in [0.15, 0.2) is 341 Å². The van der Waals surface area contributed by atoms with Crippen LogP contribution in [0.3, 0.4) is 0 Å². The van der Waals surface area contributed by atoms with E-state index in [9.17, 15) is 0 Å². The van der Waals surface area contributed by atoms with Gasteiger partial charge in [0.15, 0.2) is 5.58 Å². The SMILES string of the molecule is Brc1cc(-c2ccccc2)cc(-c2ccccc2)c1.c1ccc(-c2cc(-c3ccccc3)cc(-n3c4ccccc4c4ccc5c(oc6c7ccccc7c7ccccc7c56)c43)c2)cc1.c1ccc2c(c1)Cc1c-2ccc2c1oc1c3ccccc3c3ccccc3c21. The second-order valence-corrected chi connectivity index (χ2v) is 25.2. The van der Waals surface area contributed by atoms with Crippen molar-refractivity contribution in [1.29, 1.82) is 0 Å². The standard InChI is InChI=1S/C44H27NO.C27H16O.C18H13Br/c1-3-13-28(14-4-1)30-25-31(29-15-5-2-6-16-29)27-32(26-30)45-40-22-12-11-19-35(40)37-23-24-39-41-36-20-9-7-17-33(36)34-18-8-10-21-38(34)43(41)46-44(39)42(37)45;1-2-8-17-16(7-1)15-24-20(17)13-14-23-25-21-11-5-3-9-18(21)19-10-4-6-12-22(19)27(25)28-26(23)24;19-18-12-16(14-7-3-1-4-8-14)11-17(13-18)15-9-5-2-6-10-15/h1-27H;1-14H,15H2;1-13H. The number of hydrogen-bond donors (Lipinski definition) is 0. The summed E-state index contributed by atoms with van der Waals surface area (Å²) in [4.78, 5) is 0. The van der Waals surface area contributed by atoms with Gasteiger partial charge < -0.3 is 13.4 Å². The van der Waals surface area contributed by atoms with Gasteiger partial charge in [-0.2, -0.15) is 0 Å². The summed E-state index contributed by atoms with van der Waals surface area (Å²) in [7, 11) is 0. The number of hydrogen-bond acceptors (Lipinski definition) is 2. The van der Waals surface area contributed by atoms with E-state index in [-0.39, 0.29) is 0 Å². The van der Waals surface area contributed by atoms with Gasteiger partial charge in [-0.3, -0.25) is 0 Å². The first-order chi connectivity index (χ1) is 46.1. The predicted octanol–water partition coefficient (Wildman–Crippen LogP) is 25.6. The molecule has 0 amide bonds. The van der Waals surface area contributed by atoms with Crippen molar-refractivity contribution in [1.82, 2.24) is 4.57 Å². The minimum atomic E-state index is 0.914. The first-order valence-corrected chi connectivity index (χ1v) is 32.6. The Morgan fingerprint density at radius 3 is 1.15 bits per heavy atom. The zero-order valence-electron chi connectivity index (χ0n) is 50.5. The number of nitrogens with zero attached hydrogens (tertiary/aromatic N) is 1. The maximum atomic E-state index is 7.09. The van der Waals surface area contributed by atoms with Gasteiger partial charge in [-0.05, 0) is 148 Å². The van der Waals surface area contributed by atoms with Crippen molar-refractivity contribution < 1.29 is 8.83 Å². The van der Waals surface area contributed by atoms with Gasteiger partial charge in [-0.15, -0.1) is 0 Å². The van der Waals surface area contributed by atoms with Crippen molar-refractivity contribution in [2.75, 3.05) is 0 Å². The summed E-state index contributed by atoms with van der Waals surface area (Å²) in [5.41, 5.74) is 22.3. The quantitative estimate of drug-likeness (QED) is 0.161. The molecule has 93 heavy (non-hydrogen) atoms. The highest BCUT2D eigenvalue weighted by molar-refractivity contribution is 9.10. The van der Waals surface area contributed by atoms with Crippen LogP contribution >= 0.6 is 15.9 Å². The van der Waals surface area contributed by atoms with Crippen molar-refractivity contribution in [3.8, 4) is 61.3 Å². The summed E-state index contributed by atoms with van der Waals surface area (Å²) in [5, 5.41) is 17.0. The first-order valence-electron chi connectivity index (χ1n) is 31.8. The molecule has 1 aliphatic carbocycles. The van der Waals surface area contributed by atoms with E-state index >= 15 is 0 Å². The molecule has 436 valence electrons. The third-order valence-electron chi connectivity index (χ3n) is 18.9. The molecule has 3 heterocycles. The second-order valence-electron chi connectivity index (χ2n) is 24.2. The summed E-state index contributed by atoms with van der Waals surface area (Å²) in [6.45, 7) is 0. The molecule has 0 unspecified atom stereocenters. The molecule has 0 fully saturated rings. The Morgan fingerprint density at radius 2 is 0.634 bits per heavy atom. The Labute approximate surface area is 545 Å². The van der Waals surface area contributed by atoms with E-state index in [1.165, 1.54) is 131 Å². The van der Waals surface area contributed by atoms with E-state index in [1.807, 2.05) is 12.1 Å². The molecular weight excluding hydrogens is 1190 g/mol. The van der Waals surface area contributed by atoms with E-state index in [0.717, 1.165) is 60.7 Å². The van der Waals surface area contributed by atoms with Crippen LogP contribution in [0.2, 0.25) is 0 Å². The highest BCUT2D eigenvalue weighted by Gasteiger charge is 2.26. The highest BCUT2D eigenvalue weighted by atomic mass is 79.9. The lowest BCUT2D eigenvalue weighted by atomic mass is 9.96. The number of halogens is 1. The minimum absolute atomic E-state index is 0.914. The molecule has 0 spiro atoms. The van der Waals surface area contributed by atoms with Crippen LogP contribution in [0.4, 0.5) is 0 Å². The average Bonchev–Trinajstić information content (AvgIpc) is 1.57. The maximum Gasteiger partial charge on any atom is 0.160 e. The van der Waals surface area contributed by atoms with E-state index in [1.54, 1.807) is 0 Å². The lowest BCUT2D eigenvalue weighted by Gasteiger charge is -2.14. The zero-order chi connectivity index (χ0) is 61.5. The minimum Gasteiger partial charge on any atom is -0.455 e. The lowest BCUT2D eigenvalue weighted by molar-refractivity contribution is 0.669. The second kappa shape index (κ2) is 22.4. The summed E-state index contributed by atoms with van der Waals surface area (Å²) < 4.78 is 17.3. The number of rotatable bonds is 5. The van der Waals surface area contributed by atoms with Crippen LogP contribution in [0.1, 0.15) is 11.1 Å². The van der Waals surface area contributed by atoms with Crippen molar-refractivity contribution in [3.05, 3.63) is 343 Å². The number of para-hydroxylation sites is 1. The molecule has 4 heteroatoms. The van der Waals surface area contributed by atoms with Gasteiger partial charge in [0.05, 0.1) is 11.0 Å². The largest absolute Gasteiger partial charge is 0.455 e. The fourth-order valence-corrected chi connectivity index (χ4v) is 15.3. The first kappa shape index (κ1) is 54.4. The Morgan fingerprint density at radius 1 is 0.258 bits per heavy atom. The van der Waals surface area contributed by atoms with Crippen molar-refractivity contribution in [2.24, 2.45) is 0 Å². The molecule has 1 aliphatic rings.